The molecule has 2 heterocycles. The van der Waals surface area contributed by atoms with Crippen LogP contribution in [0.25, 0.3) is 0 Å². The molecule has 3 nitrogen and oxygen atoms in total. The molecule has 0 aromatic rings. The monoisotopic (exact) mass is 281 g/mol. The molecule has 3 rings (SSSR count). The number of hydrogen-bond donors (Lipinski definition) is 1. The smallest absolute Gasteiger partial charge is 0.0687 e. The lowest BCUT2D eigenvalue weighted by Crippen LogP contribution is -2.41. The third-order valence-electron chi connectivity index (χ3n) is 5.87. The lowest BCUT2D eigenvalue weighted by atomic mass is 9.75. The zero-order valence-corrected chi connectivity index (χ0v) is 13.1. The largest absolute Gasteiger partial charge is 0.381 e. The Morgan fingerprint density at radius 2 is 1.75 bits per heavy atom. The maximum absolute atomic E-state index is 6.60. The number of ether oxygens (including phenoxy) is 2. The molecule has 20 heavy (non-hydrogen) atoms. The van der Waals surface area contributed by atoms with Gasteiger partial charge in [0.1, 0.15) is 0 Å². The molecule has 0 aromatic heterocycles. The molecule has 1 saturated carbocycles. The van der Waals surface area contributed by atoms with Crippen molar-refractivity contribution in [2.24, 2.45) is 5.41 Å². The van der Waals surface area contributed by atoms with Gasteiger partial charge in [0.25, 0.3) is 0 Å². The standard InChI is InChI=1S/C17H31NO2/c1-18-14-16(9-11-19-12-10-16)13-15-5-8-17(20-15)6-3-2-4-7-17/h15,18H,2-14H2,1H3. The van der Waals surface area contributed by atoms with E-state index in [1.807, 2.05) is 0 Å². The molecule has 1 aliphatic carbocycles. The van der Waals surface area contributed by atoms with Crippen LogP contribution in [0, 0.1) is 5.41 Å². The Morgan fingerprint density at radius 3 is 2.45 bits per heavy atom. The molecule has 2 saturated heterocycles. The molecule has 0 aromatic carbocycles. The quantitative estimate of drug-likeness (QED) is 0.858. The third kappa shape index (κ3) is 3.20. The Labute approximate surface area is 123 Å². The van der Waals surface area contributed by atoms with E-state index in [-0.39, 0.29) is 5.60 Å². The fourth-order valence-electron chi connectivity index (χ4n) is 4.72. The molecular weight excluding hydrogens is 250 g/mol. The van der Waals surface area contributed by atoms with Gasteiger partial charge in [0.05, 0.1) is 11.7 Å². The first-order valence-electron chi connectivity index (χ1n) is 8.66. The average molecular weight is 281 g/mol. The van der Waals surface area contributed by atoms with Crippen molar-refractivity contribution in [2.45, 2.75) is 75.9 Å². The number of rotatable bonds is 4. The first-order valence-corrected chi connectivity index (χ1v) is 8.66. The van der Waals surface area contributed by atoms with Crippen LogP contribution in [-0.2, 0) is 9.47 Å². The van der Waals surface area contributed by atoms with Gasteiger partial charge in [-0.3, -0.25) is 0 Å². The lowest BCUT2D eigenvalue weighted by Gasteiger charge is -2.40. The summed E-state index contributed by atoms with van der Waals surface area (Å²) in [6.07, 6.45) is 13.5. The molecule has 0 bridgehead atoms. The summed E-state index contributed by atoms with van der Waals surface area (Å²) in [5.74, 6) is 0. The lowest BCUT2D eigenvalue weighted by molar-refractivity contribution is -0.0878. The molecule has 3 heteroatoms. The summed E-state index contributed by atoms with van der Waals surface area (Å²) in [6, 6.07) is 0. The Morgan fingerprint density at radius 1 is 1.00 bits per heavy atom. The van der Waals surface area contributed by atoms with Crippen molar-refractivity contribution in [3.8, 4) is 0 Å². The summed E-state index contributed by atoms with van der Waals surface area (Å²) < 4.78 is 12.2. The van der Waals surface area contributed by atoms with Gasteiger partial charge in [-0.05, 0) is 57.4 Å². The number of nitrogens with one attached hydrogen (secondary N) is 1. The molecule has 1 N–H and O–H groups in total. The van der Waals surface area contributed by atoms with Gasteiger partial charge in [0, 0.05) is 19.8 Å². The van der Waals surface area contributed by atoms with Gasteiger partial charge in [-0.1, -0.05) is 19.3 Å². The first kappa shape index (κ1) is 14.8. The Bertz CT molecular complexity index is 301. The van der Waals surface area contributed by atoms with Crippen molar-refractivity contribution in [1.82, 2.24) is 5.32 Å². The van der Waals surface area contributed by atoms with E-state index in [1.54, 1.807) is 0 Å². The highest BCUT2D eigenvalue weighted by Crippen LogP contribution is 2.46. The first-order chi connectivity index (χ1) is 9.76. The van der Waals surface area contributed by atoms with E-state index in [4.69, 9.17) is 9.47 Å². The summed E-state index contributed by atoms with van der Waals surface area (Å²) in [4.78, 5) is 0. The van der Waals surface area contributed by atoms with Crippen LogP contribution in [-0.4, -0.2) is 38.5 Å². The van der Waals surface area contributed by atoms with Crippen LogP contribution in [0.3, 0.4) is 0 Å². The van der Waals surface area contributed by atoms with E-state index in [0.29, 0.717) is 11.5 Å². The van der Waals surface area contributed by atoms with Crippen molar-refractivity contribution < 1.29 is 9.47 Å². The predicted octanol–water partition coefficient (Wildman–Crippen LogP) is 3.27. The predicted molar refractivity (Wildman–Crippen MR) is 81.0 cm³/mol. The average Bonchev–Trinajstić information content (AvgIpc) is 2.83. The summed E-state index contributed by atoms with van der Waals surface area (Å²) in [6.45, 7) is 2.97. The summed E-state index contributed by atoms with van der Waals surface area (Å²) in [5, 5.41) is 3.41. The molecular formula is C17H31NO2. The molecule has 2 aliphatic heterocycles. The van der Waals surface area contributed by atoms with Gasteiger partial charge in [0.2, 0.25) is 0 Å². The highest BCUT2D eigenvalue weighted by Gasteiger charge is 2.44. The fraction of sp³-hybridized carbons (Fsp3) is 1.00. The zero-order chi connectivity index (χ0) is 13.9. The second-order valence-electron chi connectivity index (χ2n) is 7.37. The Balaban J connectivity index is 1.59. The SMILES string of the molecule is CNCC1(CC2CCC3(CCCCC3)O2)CCOCC1. The van der Waals surface area contributed by atoms with E-state index in [2.05, 4.69) is 12.4 Å². The molecule has 3 aliphatic rings. The topological polar surface area (TPSA) is 30.5 Å². The minimum Gasteiger partial charge on any atom is -0.381 e. The Hall–Kier alpha value is -0.120. The van der Waals surface area contributed by atoms with E-state index < -0.39 is 0 Å². The molecule has 3 fully saturated rings. The van der Waals surface area contributed by atoms with Gasteiger partial charge in [-0.25, -0.2) is 0 Å². The van der Waals surface area contributed by atoms with Gasteiger partial charge in [-0.2, -0.15) is 0 Å². The summed E-state index contributed by atoms with van der Waals surface area (Å²) in [5.41, 5.74) is 0.687. The van der Waals surface area contributed by atoms with Crippen LogP contribution in [0.2, 0.25) is 0 Å². The van der Waals surface area contributed by atoms with Crippen LogP contribution in [0.1, 0.15) is 64.2 Å². The van der Waals surface area contributed by atoms with Crippen molar-refractivity contribution in [1.29, 1.82) is 0 Å². The zero-order valence-electron chi connectivity index (χ0n) is 13.1. The van der Waals surface area contributed by atoms with Gasteiger partial charge in [0.15, 0.2) is 0 Å². The van der Waals surface area contributed by atoms with E-state index >= 15 is 0 Å². The van der Waals surface area contributed by atoms with E-state index in [1.165, 1.54) is 64.2 Å². The number of hydrogen-bond acceptors (Lipinski definition) is 3. The van der Waals surface area contributed by atoms with Crippen molar-refractivity contribution >= 4 is 0 Å². The minimum absolute atomic E-state index is 0.273. The van der Waals surface area contributed by atoms with Crippen LogP contribution in [0.15, 0.2) is 0 Å². The van der Waals surface area contributed by atoms with Crippen molar-refractivity contribution in [3.63, 3.8) is 0 Å². The van der Waals surface area contributed by atoms with E-state index in [0.717, 1.165) is 19.8 Å². The van der Waals surface area contributed by atoms with Crippen LogP contribution in [0.4, 0.5) is 0 Å². The fourth-order valence-corrected chi connectivity index (χ4v) is 4.72. The van der Waals surface area contributed by atoms with Crippen LogP contribution < -0.4 is 5.32 Å². The third-order valence-corrected chi connectivity index (χ3v) is 5.87. The molecule has 0 radical (unpaired) electrons. The van der Waals surface area contributed by atoms with Crippen molar-refractivity contribution in [3.05, 3.63) is 0 Å². The Kier molecular flexibility index (Phi) is 4.68. The van der Waals surface area contributed by atoms with Crippen LogP contribution in [0.5, 0.6) is 0 Å². The van der Waals surface area contributed by atoms with Gasteiger partial charge >= 0.3 is 0 Å². The van der Waals surface area contributed by atoms with Gasteiger partial charge in [-0.15, -0.1) is 0 Å². The molecule has 1 spiro atoms. The second-order valence-corrected chi connectivity index (χ2v) is 7.37. The van der Waals surface area contributed by atoms with Crippen LogP contribution >= 0.6 is 0 Å². The highest BCUT2D eigenvalue weighted by atomic mass is 16.5. The summed E-state index contributed by atoms with van der Waals surface area (Å²) >= 11 is 0. The molecule has 1 unspecified atom stereocenters. The maximum atomic E-state index is 6.60. The molecule has 0 amide bonds. The highest BCUT2D eigenvalue weighted by molar-refractivity contribution is 4.95. The minimum atomic E-state index is 0.273. The summed E-state index contributed by atoms with van der Waals surface area (Å²) in [7, 11) is 2.08. The van der Waals surface area contributed by atoms with Crippen molar-refractivity contribution in [2.75, 3.05) is 26.8 Å². The molecule has 1 atom stereocenters. The van der Waals surface area contributed by atoms with E-state index in [9.17, 15) is 0 Å². The normalized spacial score (nSPS) is 32.5. The molecule has 116 valence electrons. The van der Waals surface area contributed by atoms with Gasteiger partial charge < -0.3 is 14.8 Å². The maximum Gasteiger partial charge on any atom is 0.0687 e. The second kappa shape index (κ2) is 6.33.